The largest absolute Gasteiger partial charge is 0.516 e. The van der Waals surface area contributed by atoms with Crippen LogP contribution in [0.4, 0.5) is 0 Å². The van der Waals surface area contributed by atoms with Crippen molar-refractivity contribution in [3.63, 3.8) is 0 Å². The molecule has 0 rings (SSSR count). The molecule has 1 radical (unpaired) electrons. The lowest BCUT2D eigenvalue weighted by Gasteiger charge is -1.88. The van der Waals surface area contributed by atoms with Crippen LogP contribution in [0.15, 0.2) is 12.3 Å². The SMILES string of the molecule is CCCC[CH]C=CO. The minimum absolute atomic E-state index is 1.07. The number of allylic oxidation sites excluding steroid dienone is 1. The van der Waals surface area contributed by atoms with Gasteiger partial charge in [-0.1, -0.05) is 19.8 Å². The molecule has 0 saturated heterocycles. The highest BCUT2D eigenvalue weighted by atomic mass is 16.2. The Morgan fingerprint density at radius 1 is 1.50 bits per heavy atom. The van der Waals surface area contributed by atoms with Gasteiger partial charge in [-0.2, -0.15) is 0 Å². The van der Waals surface area contributed by atoms with Gasteiger partial charge in [0, 0.05) is 0 Å². The van der Waals surface area contributed by atoms with Crippen molar-refractivity contribution in [1.29, 1.82) is 0 Å². The smallest absolute Gasteiger partial charge is 0.0754 e. The molecule has 0 saturated carbocycles. The van der Waals surface area contributed by atoms with Crippen LogP contribution < -0.4 is 0 Å². The van der Waals surface area contributed by atoms with E-state index < -0.39 is 0 Å². The Morgan fingerprint density at radius 2 is 2.25 bits per heavy atom. The van der Waals surface area contributed by atoms with E-state index in [9.17, 15) is 0 Å². The summed E-state index contributed by atoms with van der Waals surface area (Å²) in [5.41, 5.74) is 0. The predicted molar refractivity (Wildman–Crippen MR) is 35.6 cm³/mol. The molecule has 0 aromatic carbocycles. The van der Waals surface area contributed by atoms with Crippen LogP contribution in [0.1, 0.15) is 26.2 Å². The van der Waals surface area contributed by atoms with Crippen LogP contribution in [-0.2, 0) is 0 Å². The number of aliphatic hydroxyl groups excluding tert-OH is 1. The highest BCUT2D eigenvalue weighted by molar-refractivity contribution is 4.88. The van der Waals surface area contributed by atoms with Gasteiger partial charge in [0.05, 0.1) is 6.26 Å². The van der Waals surface area contributed by atoms with E-state index in [0.717, 1.165) is 12.7 Å². The number of unbranched alkanes of at least 4 members (excludes halogenated alkanes) is 3. The molecule has 0 aliphatic carbocycles. The molecule has 0 aliphatic heterocycles. The van der Waals surface area contributed by atoms with E-state index in [1.54, 1.807) is 6.08 Å². The van der Waals surface area contributed by atoms with E-state index in [1.807, 2.05) is 6.42 Å². The molecule has 47 valence electrons. The lowest BCUT2D eigenvalue weighted by Crippen LogP contribution is -1.70. The summed E-state index contributed by atoms with van der Waals surface area (Å²) in [6.45, 7) is 2.15. The van der Waals surface area contributed by atoms with Crippen molar-refractivity contribution in [2.45, 2.75) is 26.2 Å². The van der Waals surface area contributed by atoms with Gasteiger partial charge in [0.15, 0.2) is 0 Å². The van der Waals surface area contributed by atoms with Crippen LogP contribution >= 0.6 is 0 Å². The second-order valence-electron chi connectivity index (χ2n) is 1.72. The lowest BCUT2D eigenvalue weighted by molar-refractivity contribution is 0.472. The first-order valence-corrected chi connectivity index (χ1v) is 3.04. The molecule has 0 bridgehead atoms. The fraction of sp³-hybridized carbons (Fsp3) is 0.571. The number of hydrogen-bond acceptors (Lipinski definition) is 1. The van der Waals surface area contributed by atoms with Crippen molar-refractivity contribution in [2.24, 2.45) is 0 Å². The molecule has 1 heteroatoms. The second-order valence-corrected chi connectivity index (χ2v) is 1.72. The molecule has 8 heavy (non-hydrogen) atoms. The highest BCUT2D eigenvalue weighted by Gasteiger charge is 1.79. The first kappa shape index (κ1) is 7.54. The first-order chi connectivity index (χ1) is 3.91. The van der Waals surface area contributed by atoms with Crippen molar-refractivity contribution >= 4 is 0 Å². The molecule has 0 unspecified atom stereocenters. The zero-order valence-corrected chi connectivity index (χ0v) is 5.30. The molecule has 0 atom stereocenters. The van der Waals surface area contributed by atoms with Crippen LogP contribution in [0.3, 0.4) is 0 Å². The van der Waals surface area contributed by atoms with Crippen LogP contribution in [0.2, 0.25) is 0 Å². The van der Waals surface area contributed by atoms with Gasteiger partial charge in [0.2, 0.25) is 0 Å². The Bertz CT molecular complexity index is 57.4. The van der Waals surface area contributed by atoms with Crippen molar-refractivity contribution in [3.05, 3.63) is 18.8 Å². The third-order valence-corrected chi connectivity index (χ3v) is 0.946. The molecule has 0 spiro atoms. The number of aliphatic hydroxyl groups is 1. The molecule has 0 aliphatic rings. The lowest BCUT2D eigenvalue weighted by atomic mass is 10.2. The van der Waals surface area contributed by atoms with Gasteiger partial charge < -0.3 is 5.11 Å². The van der Waals surface area contributed by atoms with Crippen LogP contribution in [0.25, 0.3) is 0 Å². The fourth-order valence-corrected chi connectivity index (χ4v) is 0.479. The first-order valence-electron chi connectivity index (χ1n) is 3.04. The van der Waals surface area contributed by atoms with Crippen LogP contribution in [0.5, 0.6) is 0 Å². The topological polar surface area (TPSA) is 20.2 Å². The summed E-state index contributed by atoms with van der Waals surface area (Å²) in [4.78, 5) is 0. The third-order valence-electron chi connectivity index (χ3n) is 0.946. The predicted octanol–water partition coefficient (Wildman–Crippen LogP) is 2.45. The van der Waals surface area contributed by atoms with E-state index in [4.69, 9.17) is 5.11 Å². The Labute approximate surface area is 51.0 Å². The molecule has 1 nitrogen and oxygen atoms in total. The van der Waals surface area contributed by atoms with Gasteiger partial charge in [-0.25, -0.2) is 0 Å². The van der Waals surface area contributed by atoms with E-state index in [-0.39, 0.29) is 0 Å². The summed E-state index contributed by atoms with van der Waals surface area (Å²) in [6, 6.07) is 0. The maximum Gasteiger partial charge on any atom is 0.0754 e. The van der Waals surface area contributed by atoms with Gasteiger partial charge in [0.25, 0.3) is 0 Å². The number of rotatable bonds is 4. The van der Waals surface area contributed by atoms with Crippen molar-refractivity contribution in [3.8, 4) is 0 Å². The van der Waals surface area contributed by atoms with Gasteiger partial charge in [0.1, 0.15) is 0 Å². The maximum atomic E-state index is 8.15. The fourth-order valence-electron chi connectivity index (χ4n) is 0.479. The summed E-state index contributed by atoms with van der Waals surface area (Å²) < 4.78 is 0. The molecular weight excluding hydrogens is 100 g/mol. The molecule has 0 amide bonds. The number of hydrogen-bond donors (Lipinski definition) is 1. The molecular formula is C7H13O. The van der Waals surface area contributed by atoms with Gasteiger partial charge in [-0.05, 0) is 18.9 Å². The summed E-state index contributed by atoms with van der Waals surface area (Å²) in [7, 11) is 0. The average Bonchev–Trinajstić information content (AvgIpc) is 1.81. The van der Waals surface area contributed by atoms with E-state index >= 15 is 0 Å². The minimum atomic E-state index is 1.07. The Hall–Kier alpha value is -0.460. The summed E-state index contributed by atoms with van der Waals surface area (Å²) >= 11 is 0. The Kier molecular flexibility index (Phi) is 6.16. The van der Waals surface area contributed by atoms with Crippen molar-refractivity contribution in [2.75, 3.05) is 0 Å². The molecule has 0 heterocycles. The maximum absolute atomic E-state index is 8.15. The van der Waals surface area contributed by atoms with Crippen molar-refractivity contribution in [1.82, 2.24) is 0 Å². The summed E-state index contributed by atoms with van der Waals surface area (Å²) in [5, 5.41) is 8.15. The normalized spacial score (nSPS) is 10.6. The minimum Gasteiger partial charge on any atom is -0.516 e. The molecule has 1 N–H and O–H groups in total. The van der Waals surface area contributed by atoms with Crippen molar-refractivity contribution < 1.29 is 5.11 Å². The summed E-state index contributed by atoms with van der Waals surface area (Å²) in [5.74, 6) is 0. The monoisotopic (exact) mass is 113 g/mol. The van der Waals surface area contributed by atoms with E-state index in [2.05, 4.69) is 6.92 Å². The Balaban J connectivity index is 2.72. The van der Waals surface area contributed by atoms with Gasteiger partial charge in [-0.3, -0.25) is 0 Å². The van der Waals surface area contributed by atoms with Crippen LogP contribution in [0, 0.1) is 6.42 Å². The zero-order valence-electron chi connectivity index (χ0n) is 5.30. The second kappa shape index (κ2) is 6.54. The molecule has 0 fully saturated rings. The van der Waals surface area contributed by atoms with E-state index in [0.29, 0.717) is 0 Å². The zero-order chi connectivity index (χ0) is 6.24. The molecule has 0 aromatic heterocycles. The van der Waals surface area contributed by atoms with Gasteiger partial charge >= 0.3 is 0 Å². The van der Waals surface area contributed by atoms with E-state index in [1.165, 1.54) is 12.8 Å². The average molecular weight is 113 g/mol. The van der Waals surface area contributed by atoms with Gasteiger partial charge in [-0.15, -0.1) is 0 Å². The van der Waals surface area contributed by atoms with Crippen LogP contribution in [-0.4, -0.2) is 5.11 Å². The molecule has 0 aromatic rings. The quantitative estimate of drug-likeness (QED) is 0.438. The highest BCUT2D eigenvalue weighted by Crippen LogP contribution is 1.96. The standard InChI is InChI=1S/C7H13O/c1-2-3-4-5-6-7-8/h5-8H,2-4H2,1H3. The summed E-state index contributed by atoms with van der Waals surface area (Å²) in [6.07, 6.45) is 8.20. The Morgan fingerprint density at radius 3 is 2.75 bits per heavy atom. The third kappa shape index (κ3) is 5.54.